The molecule has 0 saturated heterocycles. The molecule has 3 aromatic rings. The quantitative estimate of drug-likeness (QED) is 0.557. The number of nitroso groups, excluding NO2 is 1. The number of nitrogens with zero attached hydrogens (tertiary/aromatic N) is 3. The lowest BCUT2D eigenvalue weighted by atomic mass is 10.1. The number of alkyl halides is 3. The largest absolute Gasteiger partial charge is 0.438 e. The molecule has 31 heavy (non-hydrogen) atoms. The fourth-order valence-electron chi connectivity index (χ4n) is 2.48. The zero-order chi connectivity index (χ0) is 22.4. The van der Waals surface area contributed by atoms with Gasteiger partial charge in [-0.05, 0) is 41.6 Å². The Morgan fingerprint density at radius 1 is 1.13 bits per heavy atom. The third-order valence-corrected chi connectivity index (χ3v) is 3.87. The first-order chi connectivity index (χ1) is 14.8. The lowest BCUT2D eigenvalue weighted by Gasteiger charge is -2.11. The third kappa shape index (κ3) is 5.63. The highest BCUT2D eigenvalue weighted by molar-refractivity contribution is 6.04. The number of amides is 1. The predicted molar refractivity (Wildman–Crippen MR) is 105 cm³/mol. The number of aromatic nitrogens is 2. The zero-order valence-electron chi connectivity index (χ0n) is 15.6. The molecule has 0 atom stereocenters. The van der Waals surface area contributed by atoms with Gasteiger partial charge in [0.2, 0.25) is 5.88 Å². The Balaban J connectivity index is 1.77. The molecular weight excluding hydrogens is 415 g/mol. The molecule has 158 valence electrons. The molecule has 3 rings (SSSR count). The smallest absolute Gasteiger partial charge is 0.416 e. The van der Waals surface area contributed by atoms with Crippen molar-refractivity contribution in [3.05, 3.63) is 88.4 Å². The number of halogens is 3. The van der Waals surface area contributed by atoms with Gasteiger partial charge in [-0.15, -0.1) is 10.0 Å². The van der Waals surface area contributed by atoms with E-state index in [-0.39, 0.29) is 28.4 Å². The van der Waals surface area contributed by atoms with Crippen molar-refractivity contribution in [3.63, 3.8) is 0 Å². The molecule has 0 bridgehead atoms. The van der Waals surface area contributed by atoms with Crippen LogP contribution in [0.15, 0.2) is 72.0 Å². The van der Waals surface area contributed by atoms with Crippen LogP contribution in [0.3, 0.4) is 0 Å². The highest BCUT2D eigenvalue weighted by atomic mass is 19.4. The summed E-state index contributed by atoms with van der Waals surface area (Å²) in [6, 6.07) is 13.0. The monoisotopic (exact) mass is 429 g/mol. The van der Waals surface area contributed by atoms with Crippen LogP contribution in [-0.2, 0) is 6.18 Å². The van der Waals surface area contributed by atoms with E-state index in [0.717, 1.165) is 29.1 Å². The van der Waals surface area contributed by atoms with Crippen LogP contribution in [-0.4, -0.2) is 15.7 Å². The van der Waals surface area contributed by atoms with Crippen molar-refractivity contribution in [3.8, 4) is 11.6 Å². The van der Waals surface area contributed by atoms with E-state index in [2.05, 4.69) is 15.6 Å². The number of anilines is 1. The molecule has 0 aliphatic heterocycles. The van der Waals surface area contributed by atoms with Crippen LogP contribution in [0.5, 0.6) is 11.6 Å². The average molecular weight is 429 g/mol. The maximum Gasteiger partial charge on any atom is 0.416 e. The summed E-state index contributed by atoms with van der Waals surface area (Å²) < 4.78 is 45.2. The van der Waals surface area contributed by atoms with E-state index in [1.54, 1.807) is 12.1 Å². The van der Waals surface area contributed by atoms with Gasteiger partial charge in [-0.1, -0.05) is 12.1 Å². The minimum atomic E-state index is -4.56. The summed E-state index contributed by atoms with van der Waals surface area (Å²) in [5, 5.41) is 16.8. The van der Waals surface area contributed by atoms with E-state index in [1.807, 2.05) is 0 Å². The van der Waals surface area contributed by atoms with Gasteiger partial charge in [-0.3, -0.25) is 10.2 Å². The standard InChI is InChI=1S/C20H14F3N5O3/c21-20(22,23)14-4-1-3-13(11-14)19(29)26-15-5-2-6-16(12-15)31-18-8-7-17(24)28(27-18)10-9-25-30/h1-12,24H,(H,26,29)/b10-9+,24-17?. The minimum Gasteiger partial charge on any atom is -0.438 e. The molecule has 1 aromatic heterocycles. The van der Waals surface area contributed by atoms with Gasteiger partial charge in [0, 0.05) is 23.4 Å². The van der Waals surface area contributed by atoms with Crippen LogP contribution in [0.2, 0.25) is 0 Å². The summed E-state index contributed by atoms with van der Waals surface area (Å²) in [6.45, 7) is 0. The number of nitrogens with one attached hydrogen (secondary N) is 2. The topological polar surface area (TPSA) is 109 Å². The Hall–Kier alpha value is -4.28. The van der Waals surface area contributed by atoms with Crippen molar-refractivity contribution < 1.29 is 22.7 Å². The number of rotatable bonds is 6. The molecule has 11 heteroatoms. The summed E-state index contributed by atoms with van der Waals surface area (Å²) >= 11 is 0. The van der Waals surface area contributed by atoms with E-state index >= 15 is 0 Å². The first-order valence-electron chi connectivity index (χ1n) is 8.66. The van der Waals surface area contributed by atoms with E-state index in [0.29, 0.717) is 0 Å². The van der Waals surface area contributed by atoms with Crippen molar-refractivity contribution in [2.75, 3.05) is 5.32 Å². The Morgan fingerprint density at radius 2 is 1.90 bits per heavy atom. The molecule has 0 unspecified atom stereocenters. The molecule has 1 amide bonds. The molecule has 1 heterocycles. The molecule has 0 aliphatic rings. The molecule has 0 fully saturated rings. The van der Waals surface area contributed by atoms with Gasteiger partial charge in [-0.2, -0.15) is 13.2 Å². The van der Waals surface area contributed by atoms with E-state index in [1.165, 1.54) is 36.5 Å². The van der Waals surface area contributed by atoms with Gasteiger partial charge in [0.05, 0.1) is 18.0 Å². The first kappa shape index (κ1) is 21.4. The lowest BCUT2D eigenvalue weighted by Crippen LogP contribution is -2.17. The molecule has 8 nitrogen and oxygen atoms in total. The van der Waals surface area contributed by atoms with E-state index < -0.39 is 17.6 Å². The maximum absolute atomic E-state index is 12.8. The zero-order valence-corrected chi connectivity index (χ0v) is 15.6. The van der Waals surface area contributed by atoms with Crippen molar-refractivity contribution in [1.82, 2.24) is 9.78 Å². The summed E-state index contributed by atoms with van der Waals surface area (Å²) in [6.07, 6.45) is -2.47. The van der Waals surface area contributed by atoms with Crippen molar-refractivity contribution in [2.45, 2.75) is 6.18 Å². The van der Waals surface area contributed by atoms with Crippen LogP contribution in [0.1, 0.15) is 15.9 Å². The summed E-state index contributed by atoms with van der Waals surface area (Å²) in [5.74, 6) is -0.353. The number of ether oxygens (including phenoxy) is 1. The molecule has 0 radical (unpaired) electrons. The number of hydrogen-bond donors (Lipinski definition) is 2. The summed E-state index contributed by atoms with van der Waals surface area (Å²) in [5.41, 5.74) is -0.803. The van der Waals surface area contributed by atoms with Crippen molar-refractivity contribution in [2.24, 2.45) is 5.18 Å². The second kappa shape index (κ2) is 9.03. The summed E-state index contributed by atoms with van der Waals surface area (Å²) in [7, 11) is 0. The first-order valence-corrected chi connectivity index (χ1v) is 8.66. The average Bonchev–Trinajstić information content (AvgIpc) is 2.74. The van der Waals surface area contributed by atoms with Crippen LogP contribution >= 0.6 is 0 Å². The molecule has 2 aromatic carbocycles. The van der Waals surface area contributed by atoms with Gasteiger partial charge >= 0.3 is 6.18 Å². The molecule has 0 saturated carbocycles. The van der Waals surface area contributed by atoms with Crippen LogP contribution in [0.4, 0.5) is 18.9 Å². The van der Waals surface area contributed by atoms with Crippen molar-refractivity contribution in [1.29, 1.82) is 5.41 Å². The van der Waals surface area contributed by atoms with Gasteiger partial charge in [0.1, 0.15) is 11.2 Å². The molecule has 2 N–H and O–H groups in total. The van der Waals surface area contributed by atoms with Crippen LogP contribution in [0.25, 0.3) is 6.20 Å². The fraction of sp³-hybridized carbons (Fsp3) is 0.0500. The SMILES string of the molecule is N=c1ccc(Oc2cccc(NC(=O)c3cccc(C(F)(F)F)c3)c2)nn1/C=C/N=O. The minimum absolute atomic E-state index is 0.0191. The molecular formula is C20H14F3N5O3. The number of benzene rings is 2. The Labute approximate surface area is 173 Å². The van der Waals surface area contributed by atoms with Crippen LogP contribution in [0, 0.1) is 10.3 Å². The third-order valence-electron chi connectivity index (χ3n) is 3.87. The highest BCUT2D eigenvalue weighted by Crippen LogP contribution is 2.30. The predicted octanol–water partition coefficient (Wildman–Crippen LogP) is 4.62. The molecule has 0 aliphatic carbocycles. The Morgan fingerprint density at radius 3 is 2.65 bits per heavy atom. The maximum atomic E-state index is 12.8. The lowest BCUT2D eigenvalue weighted by molar-refractivity contribution is -0.137. The number of carbonyl (C=O) groups is 1. The second-order valence-electron chi connectivity index (χ2n) is 6.07. The number of carbonyl (C=O) groups excluding carboxylic acids is 1. The van der Waals surface area contributed by atoms with Gasteiger partial charge in [-0.25, -0.2) is 4.68 Å². The fourth-order valence-corrected chi connectivity index (χ4v) is 2.48. The Kier molecular flexibility index (Phi) is 6.24. The van der Waals surface area contributed by atoms with Gasteiger partial charge in [0.15, 0.2) is 0 Å². The van der Waals surface area contributed by atoms with Gasteiger partial charge in [0.25, 0.3) is 5.91 Å². The van der Waals surface area contributed by atoms with E-state index in [9.17, 15) is 22.9 Å². The van der Waals surface area contributed by atoms with Gasteiger partial charge < -0.3 is 10.1 Å². The Bertz CT molecular complexity index is 1200. The van der Waals surface area contributed by atoms with Crippen LogP contribution < -0.4 is 15.5 Å². The number of hydrogen-bond acceptors (Lipinski definition) is 6. The second-order valence-corrected chi connectivity index (χ2v) is 6.07. The molecule has 0 spiro atoms. The van der Waals surface area contributed by atoms with Crippen molar-refractivity contribution >= 4 is 17.8 Å². The highest BCUT2D eigenvalue weighted by Gasteiger charge is 2.30. The normalized spacial score (nSPS) is 11.3. The summed E-state index contributed by atoms with van der Waals surface area (Å²) in [4.78, 5) is 22.5. The van der Waals surface area contributed by atoms with E-state index in [4.69, 9.17) is 10.1 Å².